The lowest BCUT2D eigenvalue weighted by atomic mass is 9.90. The third-order valence-electron chi connectivity index (χ3n) is 5.79. The predicted octanol–water partition coefficient (Wildman–Crippen LogP) is 3.98. The zero-order valence-corrected chi connectivity index (χ0v) is 18.2. The summed E-state index contributed by atoms with van der Waals surface area (Å²) in [5.41, 5.74) is 2.60. The second-order valence-corrected chi connectivity index (χ2v) is 8.87. The molecule has 1 fully saturated rings. The van der Waals surface area contributed by atoms with Gasteiger partial charge in [0.05, 0.1) is 5.75 Å². The molecule has 1 aliphatic heterocycles. The van der Waals surface area contributed by atoms with E-state index in [-0.39, 0.29) is 5.91 Å². The van der Waals surface area contributed by atoms with E-state index in [1.807, 2.05) is 34.7 Å². The highest BCUT2D eigenvalue weighted by atomic mass is 32.2. The molecule has 0 spiro atoms. The standard InChI is InChI=1S/C24H28N4OS/c1-27-22(17-20-10-6-3-7-11-20)25-26-24(27)30-18-23(29)28-14-12-21(13-15-28)16-19-8-4-2-5-9-19/h2-11,21H,12-18H2,1H3. The van der Waals surface area contributed by atoms with Crippen molar-refractivity contribution in [3.05, 3.63) is 77.6 Å². The SMILES string of the molecule is Cn1c(Cc2ccccc2)nnc1SCC(=O)N1CCC(Cc2ccccc2)CC1. The number of aromatic nitrogens is 3. The van der Waals surface area contributed by atoms with E-state index in [1.54, 1.807) is 0 Å². The van der Waals surface area contributed by atoms with Crippen molar-refractivity contribution in [2.45, 2.75) is 30.8 Å². The summed E-state index contributed by atoms with van der Waals surface area (Å²) >= 11 is 1.48. The van der Waals surface area contributed by atoms with Gasteiger partial charge in [0.15, 0.2) is 5.16 Å². The summed E-state index contributed by atoms with van der Waals surface area (Å²) in [4.78, 5) is 14.7. The first-order valence-electron chi connectivity index (χ1n) is 10.6. The van der Waals surface area contributed by atoms with Crippen molar-refractivity contribution < 1.29 is 4.79 Å². The van der Waals surface area contributed by atoms with Crippen LogP contribution in [0.15, 0.2) is 65.8 Å². The number of nitrogens with zero attached hydrogens (tertiary/aromatic N) is 4. The average molecular weight is 421 g/mol. The first kappa shape index (κ1) is 20.7. The summed E-state index contributed by atoms with van der Waals surface area (Å²) in [6, 6.07) is 20.9. The van der Waals surface area contributed by atoms with Gasteiger partial charge in [0.25, 0.3) is 0 Å². The number of hydrogen-bond acceptors (Lipinski definition) is 4. The molecule has 6 heteroatoms. The molecular weight excluding hydrogens is 392 g/mol. The van der Waals surface area contributed by atoms with E-state index in [0.717, 1.165) is 49.8 Å². The van der Waals surface area contributed by atoms with E-state index in [0.29, 0.717) is 11.7 Å². The van der Waals surface area contributed by atoms with Crippen LogP contribution in [0.25, 0.3) is 0 Å². The van der Waals surface area contributed by atoms with E-state index < -0.39 is 0 Å². The highest BCUT2D eigenvalue weighted by Gasteiger charge is 2.23. The molecule has 2 aromatic carbocycles. The zero-order valence-electron chi connectivity index (χ0n) is 17.4. The van der Waals surface area contributed by atoms with Gasteiger partial charge >= 0.3 is 0 Å². The Labute approximate surface area is 182 Å². The number of benzene rings is 2. The molecule has 1 saturated heterocycles. The summed E-state index contributed by atoms with van der Waals surface area (Å²) in [7, 11) is 1.97. The number of rotatable bonds is 7. The van der Waals surface area contributed by atoms with Gasteiger partial charge in [-0.1, -0.05) is 72.4 Å². The molecule has 2 heterocycles. The third-order valence-corrected chi connectivity index (χ3v) is 6.79. The average Bonchev–Trinajstić information content (AvgIpc) is 3.13. The van der Waals surface area contributed by atoms with Crippen LogP contribution in [0, 0.1) is 5.92 Å². The Kier molecular flexibility index (Phi) is 6.84. The quantitative estimate of drug-likeness (QED) is 0.543. The number of carbonyl (C=O) groups excluding carboxylic acids is 1. The summed E-state index contributed by atoms with van der Waals surface area (Å²) in [5.74, 6) is 2.20. The van der Waals surface area contributed by atoms with Crippen molar-refractivity contribution in [2.24, 2.45) is 13.0 Å². The van der Waals surface area contributed by atoms with Crippen LogP contribution in [0.5, 0.6) is 0 Å². The van der Waals surface area contributed by atoms with Gasteiger partial charge in [0.2, 0.25) is 5.91 Å². The Morgan fingerprint density at radius 3 is 2.27 bits per heavy atom. The lowest BCUT2D eigenvalue weighted by Crippen LogP contribution is -2.39. The fraction of sp³-hybridized carbons (Fsp3) is 0.375. The van der Waals surface area contributed by atoms with E-state index >= 15 is 0 Å². The maximum Gasteiger partial charge on any atom is 0.233 e. The summed E-state index contributed by atoms with van der Waals surface area (Å²) in [5, 5.41) is 9.41. The maximum atomic E-state index is 12.7. The number of thioether (sulfide) groups is 1. The molecule has 0 radical (unpaired) electrons. The Morgan fingerprint density at radius 1 is 0.967 bits per heavy atom. The van der Waals surface area contributed by atoms with E-state index in [4.69, 9.17) is 0 Å². The second kappa shape index (κ2) is 9.94. The number of hydrogen-bond donors (Lipinski definition) is 0. The molecule has 156 valence electrons. The summed E-state index contributed by atoms with van der Waals surface area (Å²) in [6.45, 7) is 1.71. The highest BCUT2D eigenvalue weighted by molar-refractivity contribution is 7.99. The van der Waals surface area contributed by atoms with Crippen LogP contribution in [-0.4, -0.2) is 44.4 Å². The first-order chi connectivity index (χ1) is 14.7. The van der Waals surface area contributed by atoms with E-state index in [9.17, 15) is 4.79 Å². The molecule has 5 nitrogen and oxygen atoms in total. The van der Waals surface area contributed by atoms with Crippen LogP contribution in [-0.2, 0) is 24.7 Å². The van der Waals surface area contributed by atoms with Crippen molar-refractivity contribution >= 4 is 17.7 Å². The Balaban J connectivity index is 1.24. The fourth-order valence-corrected chi connectivity index (χ4v) is 4.79. The second-order valence-electron chi connectivity index (χ2n) is 7.92. The molecular formula is C24H28N4OS. The Morgan fingerprint density at radius 2 is 1.60 bits per heavy atom. The van der Waals surface area contributed by atoms with Gasteiger partial charge in [-0.15, -0.1) is 10.2 Å². The minimum Gasteiger partial charge on any atom is -0.342 e. The number of piperidine rings is 1. The molecule has 0 aliphatic carbocycles. The molecule has 30 heavy (non-hydrogen) atoms. The van der Waals surface area contributed by atoms with Gasteiger partial charge in [0.1, 0.15) is 5.82 Å². The smallest absolute Gasteiger partial charge is 0.233 e. The number of likely N-dealkylation sites (tertiary alicyclic amines) is 1. The van der Waals surface area contributed by atoms with Crippen molar-refractivity contribution in [3.8, 4) is 0 Å². The number of carbonyl (C=O) groups is 1. The number of amides is 1. The van der Waals surface area contributed by atoms with Gasteiger partial charge in [-0.2, -0.15) is 0 Å². The third kappa shape index (κ3) is 5.30. The summed E-state index contributed by atoms with van der Waals surface area (Å²) in [6.07, 6.45) is 4.02. The van der Waals surface area contributed by atoms with Crippen molar-refractivity contribution in [3.63, 3.8) is 0 Å². The van der Waals surface area contributed by atoms with E-state index in [1.165, 1.54) is 22.9 Å². The van der Waals surface area contributed by atoms with Gasteiger partial charge in [-0.05, 0) is 36.3 Å². The largest absolute Gasteiger partial charge is 0.342 e. The van der Waals surface area contributed by atoms with Crippen LogP contribution in [0.4, 0.5) is 0 Å². The van der Waals surface area contributed by atoms with Gasteiger partial charge in [0, 0.05) is 26.6 Å². The monoisotopic (exact) mass is 420 g/mol. The van der Waals surface area contributed by atoms with Crippen LogP contribution in [0.1, 0.15) is 29.8 Å². The zero-order chi connectivity index (χ0) is 20.8. The predicted molar refractivity (Wildman–Crippen MR) is 120 cm³/mol. The molecule has 0 bridgehead atoms. The topological polar surface area (TPSA) is 51.0 Å². The molecule has 1 aromatic heterocycles. The maximum absolute atomic E-state index is 12.7. The van der Waals surface area contributed by atoms with Crippen molar-refractivity contribution in [1.29, 1.82) is 0 Å². The van der Waals surface area contributed by atoms with Gasteiger partial charge in [-0.25, -0.2) is 0 Å². The van der Waals surface area contributed by atoms with Crippen LogP contribution in [0.2, 0.25) is 0 Å². The Hall–Kier alpha value is -2.60. The minimum absolute atomic E-state index is 0.200. The molecule has 0 N–H and O–H groups in total. The van der Waals surface area contributed by atoms with Crippen LogP contribution < -0.4 is 0 Å². The molecule has 4 rings (SSSR count). The molecule has 0 saturated carbocycles. The van der Waals surface area contributed by atoms with Crippen LogP contribution >= 0.6 is 11.8 Å². The van der Waals surface area contributed by atoms with Crippen molar-refractivity contribution in [2.75, 3.05) is 18.8 Å². The van der Waals surface area contributed by atoms with Gasteiger partial charge in [-0.3, -0.25) is 4.79 Å². The normalized spacial score (nSPS) is 14.8. The minimum atomic E-state index is 0.200. The van der Waals surface area contributed by atoms with Crippen LogP contribution in [0.3, 0.4) is 0 Å². The van der Waals surface area contributed by atoms with Crippen molar-refractivity contribution in [1.82, 2.24) is 19.7 Å². The molecule has 0 atom stereocenters. The summed E-state index contributed by atoms with van der Waals surface area (Å²) < 4.78 is 2.00. The van der Waals surface area contributed by atoms with E-state index in [2.05, 4.69) is 52.7 Å². The van der Waals surface area contributed by atoms with Gasteiger partial charge < -0.3 is 9.47 Å². The Bertz CT molecular complexity index is 950. The molecule has 1 amide bonds. The first-order valence-corrected chi connectivity index (χ1v) is 11.5. The lowest BCUT2D eigenvalue weighted by molar-refractivity contribution is -0.129. The molecule has 1 aliphatic rings. The lowest BCUT2D eigenvalue weighted by Gasteiger charge is -2.32. The molecule has 0 unspecified atom stereocenters. The molecule has 3 aromatic rings. The highest BCUT2D eigenvalue weighted by Crippen LogP contribution is 2.23. The fourth-order valence-electron chi connectivity index (χ4n) is 3.95.